The van der Waals surface area contributed by atoms with Crippen molar-refractivity contribution in [2.45, 2.75) is 25.8 Å². The largest absolute Gasteiger partial charge is 0.352 e. The third-order valence-electron chi connectivity index (χ3n) is 2.93. The zero-order chi connectivity index (χ0) is 15.7. The Morgan fingerprint density at radius 1 is 1.33 bits per heavy atom. The number of nitrogens with two attached hydrogens (primary N) is 1. The van der Waals surface area contributed by atoms with Crippen molar-refractivity contribution in [3.8, 4) is 0 Å². The Hall–Kier alpha value is -1.53. The second-order valence-electron chi connectivity index (χ2n) is 4.68. The van der Waals surface area contributed by atoms with Crippen molar-refractivity contribution >= 4 is 29.3 Å². The van der Waals surface area contributed by atoms with Gasteiger partial charge in [0.2, 0.25) is 5.91 Å². The van der Waals surface area contributed by atoms with Crippen molar-refractivity contribution in [1.29, 1.82) is 0 Å². The molecule has 6 heteroatoms. The summed E-state index contributed by atoms with van der Waals surface area (Å²) in [7, 11) is 0. The lowest BCUT2D eigenvalue weighted by Gasteiger charge is -2.14. The molecule has 5 nitrogen and oxygen atoms in total. The summed E-state index contributed by atoms with van der Waals surface area (Å²) in [5, 5.41) is 5.54. The summed E-state index contributed by atoms with van der Waals surface area (Å²) < 4.78 is 0. The highest BCUT2D eigenvalue weighted by Gasteiger charge is 2.16. The number of para-hydroxylation sites is 1. The molecule has 1 rings (SSSR count). The van der Waals surface area contributed by atoms with Crippen LogP contribution >= 0.6 is 11.8 Å². The van der Waals surface area contributed by atoms with Crippen molar-refractivity contribution in [2.24, 2.45) is 5.73 Å². The van der Waals surface area contributed by atoms with Crippen molar-refractivity contribution in [3.63, 3.8) is 0 Å². The standard InChI is InChI=1S/C15H23N3O2S/c1-3-9-17-14(19)11-6-4-5-7-13(11)18-15(20)12(16)8-10-21-2/h4-7,12H,3,8-10,16H2,1-2H3,(H,17,19)(H,18,20)/t12-/m0/s1. The molecule has 0 saturated carbocycles. The van der Waals surface area contributed by atoms with Gasteiger partial charge in [0, 0.05) is 6.54 Å². The molecule has 0 aliphatic carbocycles. The second-order valence-corrected chi connectivity index (χ2v) is 5.66. The first-order valence-electron chi connectivity index (χ1n) is 7.02. The zero-order valence-corrected chi connectivity index (χ0v) is 13.3. The smallest absolute Gasteiger partial charge is 0.253 e. The highest BCUT2D eigenvalue weighted by Crippen LogP contribution is 2.15. The third kappa shape index (κ3) is 5.77. The number of benzene rings is 1. The van der Waals surface area contributed by atoms with E-state index >= 15 is 0 Å². The number of anilines is 1. The van der Waals surface area contributed by atoms with Gasteiger partial charge in [0.25, 0.3) is 5.91 Å². The quantitative estimate of drug-likeness (QED) is 0.684. The van der Waals surface area contributed by atoms with Crippen LogP contribution < -0.4 is 16.4 Å². The number of amides is 2. The topological polar surface area (TPSA) is 84.2 Å². The summed E-state index contributed by atoms with van der Waals surface area (Å²) in [6.45, 7) is 2.59. The van der Waals surface area contributed by atoms with Crippen LogP contribution in [0.4, 0.5) is 5.69 Å². The van der Waals surface area contributed by atoms with Crippen LogP contribution in [-0.4, -0.2) is 36.4 Å². The molecule has 4 N–H and O–H groups in total. The second kappa shape index (κ2) is 9.41. The molecule has 0 unspecified atom stereocenters. The molecule has 0 heterocycles. The molecule has 0 bridgehead atoms. The molecule has 0 aliphatic heterocycles. The number of rotatable bonds is 8. The fourth-order valence-electron chi connectivity index (χ4n) is 1.73. The Labute approximate surface area is 130 Å². The highest BCUT2D eigenvalue weighted by molar-refractivity contribution is 7.98. The first kappa shape index (κ1) is 17.5. The number of carbonyl (C=O) groups excluding carboxylic acids is 2. The average Bonchev–Trinajstić information content (AvgIpc) is 2.50. The van der Waals surface area contributed by atoms with Crippen LogP contribution in [0.5, 0.6) is 0 Å². The van der Waals surface area contributed by atoms with E-state index in [1.165, 1.54) is 0 Å². The lowest BCUT2D eigenvalue weighted by atomic mass is 10.1. The van der Waals surface area contributed by atoms with Crippen molar-refractivity contribution in [3.05, 3.63) is 29.8 Å². The molecular formula is C15H23N3O2S. The Balaban J connectivity index is 2.74. The van der Waals surface area contributed by atoms with Gasteiger partial charge in [0.05, 0.1) is 17.3 Å². The Morgan fingerprint density at radius 3 is 2.71 bits per heavy atom. The minimum Gasteiger partial charge on any atom is -0.352 e. The molecule has 0 aromatic heterocycles. The van der Waals surface area contributed by atoms with Crippen LogP contribution in [0.15, 0.2) is 24.3 Å². The van der Waals surface area contributed by atoms with E-state index in [9.17, 15) is 9.59 Å². The Kier molecular flexibility index (Phi) is 7.85. The van der Waals surface area contributed by atoms with Gasteiger partial charge in [0.1, 0.15) is 0 Å². The summed E-state index contributed by atoms with van der Waals surface area (Å²) in [5.74, 6) is 0.373. The number of nitrogens with one attached hydrogen (secondary N) is 2. The van der Waals surface area contributed by atoms with Gasteiger partial charge in [-0.25, -0.2) is 0 Å². The van der Waals surface area contributed by atoms with E-state index in [1.807, 2.05) is 13.2 Å². The maximum Gasteiger partial charge on any atom is 0.253 e. The first-order chi connectivity index (χ1) is 10.1. The third-order valence-corrected chi connectivity index (χ3v) is 3.58. The SMILES string of the molecule is CCCNC(=O)c1ccccc1NC(=O)[C@@H](N)CCSC. The normalized spacial score (nSPS) is 11.8. The first-order valence-corrected chi connectivity index (χ1v) is 8.42. The zero-order valence-electron chi connectivity index (χ0n) is 12.5. The predicted molar refractivity (Wildman–Crippen MR) is 88.7 cm³/mol. The molecule has 21 heavy (non-hydrogen) atoms. The summed E-state index contributed by atoms with van der Waals surface area (Å²) in [6.07, 6.45) is 3.44. The Bertz CT molecular complexity index is 480. The molecule has 0 aliphatic rings. The summed E-state index contributed by atoms with van der Waals surface area (Å²) in [5.41, 5.74) is 6.78. The van der Waals surface area contributed by atoms with Crippen LogP contribution in [0.2, 0.25) is 0 Å². The van der Waals surface area contributed by atoms with Crippen molar-refractivity contribution < 1.29 is 9.59 Å². The molecule has 1 aromatic carbocycles. The van der Waals surface area contributed by atoms with Gasteiger partial charge in [-0.3, -0.25) is 9.59 Å². The molecule has 116 valence electrons. The summed E-state index contributed by atoms with van der Waals surface area (Å²) in [4.78, 5) is 24.1. The molecule has 2 amide bonds. The monoisotopic (exact) mass is 309 g/mol. The number of thioether (sulfide) groups is 1. The summed E-state index contributed by atoms with van der Waals surface area (Å²) in [6, 6.07) is 6.38. The van der Waals surface area contributed by atoms with Gasteiger partial charge in [0.15, 0.2) is 0 Å². The number of hydrogen-bond donors (Lipinski definition) is 3. The van der Waals surface area contributed by atoms with E-state index in [2.05, 4.69) is 10.6 Å². The molecule has 0 saturated heterocycles. The molecule has 0 fully saturated rings. The van der Waals surface area contributed by atoms with Gasteiger partial charge >= 0.3 is 0 Å². The van der Waals surface area contributed by atoms with Crippen molar-refractivity contribution in [2.75, 3.05) is 23.9 Å². The molecule has 1 aromatic rings. The minimum atomic E-state index is -0.566. The lowest BCUT2D eigenvalue weighted by molar-refractivity contribution is -0.117. The van der Waals surface area contributed by atoms with Gasteiger partial charge in [-0.05, 0) is 37.0 Å². The van der Waals surface area contributed by atoms with Gasteiger partial charge in [-0.1, -0.05) is 19.1 Å². The average molecular weight is 309 g/mol. The van der Waals surface area contributed by atoms with Crippen LogP contribution in [-0.2, 0) is 4.79 Å². The predicted octanol–water partition coefficient (Wildman–Crippen LogP) is 1.85. The van der Waals surface area contributed by atoms with Crippen LogP contribution in [0.1, 0.15) is 30.1 Å². The van der Waals surface area contributed by atoms with E-state index in [4.69, 9.17) is 5.73 Å². The van der Waals surface area contributed by atoms with Gasteiger partial charge in [-0.15, -0.1) is 0 Å². The maximum atomic E-state index is 12.1. The van der Waals surface area contributed by atoms with E-state index in [0.29, 0.717) is 24.2 Å². The number of carbonyl (C=O) groups is 2. The molecular weight excluding hydrogens is 286 g/mol. The van der Waals surface area contributed by atoms with Crippen LogP contribution in [0.3, 0.4) is 0 Å². The van der Waals surface area contributed by atoms with Gasteiger partial charge in [-0.2, -0.15) is 11.8 Å². The van der Waals surface area contributed by atoms with E-state index in [-0.39, 0.29) is 11.8 Å². The van der Waals surface area contributed by atoms with Crippen LogP contribution in [0, 0.1) is 0 Å². The fraction of sp³-hybridized carbons (Fsp3) is 0.467. The highest BCUT2D eigenvalue weighted by atomic mass is 32.2. The van der Waals surface area contributed by atoms with Crippen LogP contribution in [0.25, 0.3) is 0 Å². The molecule has 0 spiro atoms. The van der Waals surface area contributed by atoms with E-state index in [0.717, 1.165) is 12.2 Å². The number of hydrogen-bond acceptors (Lipinski definition) is 4. The van der Waals surface area contributed by atoms with Crippen molar-refractivity contribution in [1.82, 2.24) is 5.32 Å². The lowest BCUT2D eigenvalue weighted by Crippen LogP contribution is -2.36. The maximum absolute atomic E-state index is 12.1. The summed E-state index contributed by atoms with van der Waals surface area (Å²) >= 11 is 1.65. The molecule has 0 radical (unpaired) electrons. The molecule has 1 atom stereocenters. The minimum absolute atomic E-state index is 0.189. The van der Waals surface area contributed by atoms with E-state index in [1.54, 1.807) is 36.0 Å². The van der Waals surface area contributed by atoms with E-state index < -0.39 is 6.04 Å². The fourth-order valence-corrected chi connectivity index (χ4v) is 2.21. The van der Waals surface area contributed by atoms with Gasteiger partial charge < -0.3 is 16.4 Å². The Morgan fingerprint density at radius 2 is 2.05 bits per heavy atom.